The number of benzene rings is 2. The average Bonchev–Trinajstić information content (AvgIpc) is 2.61. The first-order valence-electron chi connectivity index (χ1n) is 7.70. The molecule has 0 saturated heterocycles. The normalized spacial score (nSPS) is 13.2. The molecular weight excluding hydrogens is 368 g/mol. The van der Waals surface area contributed by atoms with Crippen LogP contribution in [0.25, 0.3) is 11.1 Å². The highest BCUT2D eigenvalue weighted by Gasteiger charge is 2.34. The van der Waals surface area contributed by atoms with Crippen LogP contribution >= 0.6 is 0 Å². The first kappa shape index (κ1) is 20.4. The van der Waals surface area contributed by atoms with Gasteiger partial charge in [-0.2, -0.15) is 18.3 Å². The lowest BCUT2D eigenvalue weighted by molar-refractivity contribution is -0.137. The molecular formula is C18H16F4N2O3. The Bertz CT molecular complexity index is 847. The molecule has 144 valence electrons. The maximum atomic E-state index is 13.6. The van der Waals surface area contributed by atoms with Gasteiger partial charge < -0.3 is 9.84 Å². The van der Waals surface area contributed by atoms with Crippen LogP contribution in [0.5, 0.6) is 0 Å². The van der Waals surface area contributed by atoms with Gasteiger partial charge >= 0.3 is 12.3 Å². The Balaban J connectivity index is 2.56. The highest BCUT2D eigenvalue weighted by molar-refractivity contribution is 6.04. The number of nitrogens with one attached hydrogen (secondary N) is 1. The van der Waals surface area contributed by atoms with E-state index >= 15 is 0 Å². The molecule has 0 aromatic heterocycles. The largest absolute Gasteiger partial charge is 0.452 e. The minimum absolute atomic E-state index is 0.0420. The number of ether oxygens (including phenoxy) is 1. The number of nitrogens with zero attached hydrogens (tertiary/aromatic N) is 1. The molecule has 0 radical (unpaired) electrons. The van der Waals surface area contributed by atoms with E-state index in [1.165, 1.54) is 31.2 Å². The van der Waals surface area contributed by atoms with E-state index in [0.717, 1.165) is 25.3 Å². The van der Waals surface area contributed by atoms with Gasteiger partial charge in [-0.1, -0.05) is 24.3 Å². The van der Waals surface area contributed by atoms with E-state index in [4.69, 9.17) is 0 Å². The molecule has 0 fully saturated rings. The van der Waals surface area contributed by atoms with Crippen molar-refractivity contribution in [2.24, 2.45) is 5.10 Å². The number of halogens is 4. The lowest BCUT2D eigenvalue weighted by Crippen LogP contribution is -2.25. The fourth-order valence-electron chi connectivity index (χ4n) is 2.37. The third-order valence-electron chi connectivity index (χ3n) is 3.62. The van der Waals surface area contributed by atoms with Gasteiger partial charge in [0.25, 0.3) is 0 Å². The Morgan fingerprint density at radius 2 is 1.81 bits per heavy atom. The molecule has 0 aliphatic heterocycles. The van der Waals surface area contributed by atoms with Crippen molar-refractivity contribution in [1.29, 1.82) is 0 Å². The number of hydrogen-bond acceptors (Lipinski definition) is 4. The van der Waals surface area contributed by atoms with E-state index in [9.17, 15) is 27.5 Å². The second-order valence-electron chi connectivity index (χ2n) is 5.54. The molecule has 2 aromatic rings. The topological polar surface area (TPSA) is 70.9 Å². The van der Waals surface area contributed by atoms with Crippen molar-refractivity contribution in [2.45, 2.75) is 19.2 Å². The summed E-state index contributed by atoms with van der Waals surface area (Å²) in [7, 11) is 1.09. The van der Waals surface area contributed by atoms with Gasteiger partial charge in [0.05, 0.1) is 24.5 Å². The summed E-state index contributed by atoms with van der Waals surface area (Å²) in [6.07, 6.45) is -6.91. The van der Waals surface area contributed by atoms with Crippen molar-refractivity contribution < 1.29 is 32.2 Å². The van der Waals surface area contributed by atoms with Gasteiger partial charge in [-0.05, 0) is 36.2 Å². The van der Waals surface area contributed by atoms with Crippen LogP contribution in [0.2, 0.25) is 0 Å². The SMILES string of the molecule is COC(=O)N/N=C(/c1ccc(-c2ccc(F)cc2)c(C(F)(F)F)c1)[C@H](C)O. The number of methoxy groups -OCH3 is 1. The molecule has 1 atom stereocenters. The smallest absolute Gasteiger partial charge is 0.427 e. The predicted octanol–water partition coefficient (Wildman–Crippen LogP) is 3.95. The highest BCUT2D eigenvalue weighted by atomic mass is 19.4. The maximum Gasteiger partial charge on any atom is 0.427 e. The molecule has 1 amide bonds. The second-order valence-corrected chi connectivity index (χ2v) is 5.54. The van der Waals surface area contributed by atoms with E-state index in [-0.39, 0.29) is 22.4 Å². The lowest BCUT2D eigenvalue weighted by Gasteiger charge is -2.17. The number of carbonyl (C=O) groups is 1. The van der Waals surface area contributed by atoms with Crippen molar-refractivity contribution in [3.05, 3.63) is 59.4 Å². The van der Waals surface area contributed by atoms with E-state index in [1.54, 1.807) is 0 Å². The Kier molecular flexibility index (Phi) is 6.17. The maximum absolute atomic E-state index is 13.6. The van der Waals surface area contributed by atoms with Crippen LogP contribution in [0.4, 0.5) is 22.4 Å². The van der Waals surface area contributed by atoms with Crippen LogP contribution in [0.3, 0.4) is 0 Å². The molecule has 0 bridgehead atoms. The standard InChI is InChI=1S/C18H16F4N2O3/c1-10(25)16(23-24-17(26)27-2)12-5-8-14(15(9-12)18(20,21)22)11-3-6-13(19)7-4-11/h3-10,25H,1-2H3,(H,24,26)/b23-16+/t10-/m0/s1. The van der Waals surface area contributed by atoms with Gasteiger partial charge in [-0.25, -0.2) is 14.6 Å². The van der Waals surface area contributed by atoms with Crippen LogP contribution in [0.1, 0.15) is 18.1 Å². The third-order valence-corrected chi connectivity index (χ3v) is 3.62. The van der Waals surface area contributed by atoms with Crippen LogP contribution in [0, 0.1) is 5.82 Å². The number of hydrazone groups is 1. The molecule has 2 aromatic carbocycles. The zero-order chi connectivity index (χ0) is 20.2. The average molecular weight is 384 g/mol. The van der Waals surface area contributed by atoms with Crippen LogP contribution in [0.15, 0.2) is 47.6 Å². The van der Waals surface area contributed by atoms with Crippen molar-refractivity contribution in [3.8, 4) is 11.1 Å². The fourth-order valence-corrected chi connectivity index (χ4v) is 2.37. The van der Waals surface area contributed by atoms with Crippen molar-refractivity contribution in [1.82, 2.24) is 5.43 Å². The predicted molar refractivity (Wildman–Crippen MR) is 90.6 cm³/mol. The van der Waals surface area contributed by atoms with Crippen molar-refractivity contribution >= 4 is 11.8 Å². The summed E-state index contributed by atoms with van der Waals surface area (Å²) in [6.45, 7) is 1.29. The van der Waals surface area contributed by atoms with E-state index in [1.807, 2.05) is 5.43 Å². The number of hydrogen-bond donors (Lipinski definition) is 2. The Morgan fingerprint density at radius 3 is 2.33 bits per heavy atom. The summed E-state index contributed by atoms with van der Waals surface area (Å²) in [5.74, 6) is -0.568. The van der Waals surface area contributed by atoms with E-state index in [0.29, 0.717) is 0 Å². The molecule has 0 spiro atoms. The number of alkyl halides is 3. The minimum atomic E-state index is -4.71. The molecule has 9 heteroatoms. The molecule has 0 unspecified atom stereocenters. The summed E-state index contributed by atoms with van der Waals surface area (Å²) < 4.78 is 58.1. The summed E-state index contributed by atoms with van der Waals surface area (Å²) in [4.78, 5) is 11.1. The van der Waals surface area contributed by atoms with Gasteiger partial charge in [0.2, 0.25) is 0 Å². The highest BCUT2D eigenvalue weighted by Crippen LogP contribution is 2.38. The number of rotatable bonds is 4. The minimum Gasteiger partial charge on any atom is -0.452 e. The molecule has 27 heavy (non-hydrogen) atoms. The summed E-state index contributed by atoms with van der Waals surface area (Å²) in [6, 6.07) is 7.92. The summed E-state index contributed by atoms with van der Waals surface area (Å²) >= 11 is 0. The van der Waals surface area contributed by atoms with Crippen LogP contribution in [-0.2, 0) is 10.9 Å². The van der Waals surface area contributed by atoms with Crippen LogP contribution in [-0.4, -0.2) is 30.1 Å². The molecule has 5 nitrogen and oxygen atoms in total. The van der Waals surface area contributed by atoms with Crippen LogP contribution < -0.4 is 5.43 Å². The van der Waals surface area contributed by atoms with Gasteiger partial charge in [-0.15, -0.1) is 0 Å². The van der Waals surface area contributed by atoms with E-state index < -0.39 is 29.8 Å². The Morgan fingerprint density at radius 1 is 1.19 bits per heavy atom. The molecule has 0 aliphatic rings. The van der Waals surface area contributed by atoms with E-state index in [2.05, 4.69) is 9.84 Å². The van der Waals surface area contributed by atoms with Gasteiger partial charge in [-0.3, -0.25) is 0 Å². The summed E-state index contributed by atoms with van der Waals surface area (Å²) in [5.41, 5.74) is 0.777. The molecule has 2 rings (SSSR count). The number of amides is 1. The third kappa shape index (κ3) is 5.04. The zero-order valence-electron chi connectivity index (χ0n) is 14.3. The Hall–Kier alpha value is -2.94. The molecule has 0 heterocycles. The van der Waals surface area contributed by atoms with Gasteiger partial charge in [0.15, 0.2) is 0 Å². The fraction of sp³-hybridized carbons (Fsp3) is 0.222. The molecule has 2 N–H and O–H groups in total. The summed E-state index contributed by atoms with van der Waals surface area (Å²) in [5, 5.41) is 13.4. The first-order valence-corrected chi connectivity index (χ1v) is 7.70. The molecule has 0 saturated carbocycles. The lowest BCUT2D eigenvalue weighted by atomic mass is 9.94. The second kappa shape index (κ2) is 8.17. The van der Waals surface area contributed by atoms with Gasteiger partial charge in [0.1, 0.15) is 5.82 Å². The quantitative estimate of drug-likeness (QED) is 0.476. The van der Waals surface area contributed by atoms with Crippen molar-refractivity contribution in [3.63, 3.8) is 0 Å². The monoisotopic (exact) mass is 384 g/mol. The molecule has 0 aliphatic carbocycles. The van der Waals surface area contributed by atoms with Gasteiger partial charge in [0, 0.05) is 5.56 Å². The zero-order valence-corrected chi connectivity index (χ0v) is 14.3. The number of carbonyl (C=O) groups excluding carboxylic acids is 1. The Labute approximate surface area is 152 Å². The number of aliphatic hydroxyl groups is 1. The number of aliphatic hydroxyl groups excluding tert-OH is 1. The van der Waals surface area contributed by atoms with Crippen molar-refractivity contribution in [2.75, 3.05) is 7.11 Å². The first-order chi connectivity index (χ1) is 12.6.